The molecule has 0 aliphatic rings. The molecule has 0 saturated carbocycles. The van der Waals surface area contributed by atoms with E-state index >= 15 is 0 Å². The molecule has 0 bridgehead atoms. The zero-order chi connectivity index (χ0) is 11.5. The number of methoxy groups -OCH3 is 1. The lowest BCUT2D eigenvalue weighted by molar-refractivity contribution is 0.410. The van der Waals surface area contributed by atoms with Crippen molar-refractivity contribution in [2.45, 2.75) is 6.04 Å². The molecule has 0 unspecified atom stereocenters. The third kappa shape index (κ3) is 2.03. The standard InChI is InChI=1S/C12H13NO2S/c1-15-9-2-3-11(14)10(6-9)12(13)8-4-5-16-7-8/h2-7,12,14H,13H2,1H3/t12-/m0/s1. The molecule has 2 rings (SSSR count). The van der Waals surface area contributed by atoms with E-state index < -0.39 is 0 Å². The van der Waals surface area contributed by atoms with Crippen molar-refractivity contribution in [2.75, 3.05) is 7.11 Å². The van der Waals surface area contributed by atoms with E-state index in [0.29, 0.717) is 11.3 Å². The van der Waals surface area contributed by atoms with Gasteiger partial charge in [-0.3, -0.25) is 0 Å². The lowest BCUT2D eigenvalue weighted by Gasteiger charge is -2.13. The third-order valence-corrected chi connectivity index (χ3v) is 3.17. The molecular weight excluding hydrogens is 222 g/mol. The lowest BCUT2D eigenvalue weighted by atomic mass is 10.0. The van der Waals surface area contributed by atoms with Gasteiger partial charge in [-0.25, -0.2) is 0 Å². The molecule has 1 aromatic carbocycles. The van der Waals surface area contributed by atoms with Crippen molar-refractivity contribution in [1.82, 2.24) is 0 Å². The largest absolute Gasteiger partial charge is 0.508 e. The lowest BCUT2D eigenvalue weighted by Crippen LogP contribution is -2.11. The van der Waals surface area contributed by atoms with Crippen LogP contribution in [0.5, 0.6) is 11.5 Å². The molecule has 16 heavy (non-hydrogen) atoms. The minimum atomic E-state index is -0.318. The maximum absolute atomic E-state index is 9.77. The zero-order valence-electron chi connectivity index (χ0n) is 8.88. The molecule has 4 heteroatoms. The monoisotopic (exact) mass is 235 g/mol. The second-order valence-corrected chi connectivity index (χ2v) is 4.24. The fourth-order valence-electron chi connectivity index (χ4n) is 1.54. The first-order valence-electron chi connectivity index (χ1n) is 4.87. The number of thiophene rings is 1. The van der Waals surface area contributed by atoms with Gasteiger partial charge < -0.3 is 15.6 Å². The minimum Gasteiger partial charge on any atom is -0.508 e. The van der Waals surface area contributed by atoms with Crippen LogP contribution in [0.2, 0.25) is 0 Å². The van der Waals surface area contributed by atoms with Crippen LogP contribution in [0.25, 0.3) is 0 Å². The number of phenols is 1. The van der Waals surface area contributed by atoms with E-state index in [-0.39, 0.29) is 11.8 Å². The molecule has 0 fully saturated rings. The topological polar surface area (TPSA) is 55.5 Å². The summed E-state index contributed by atoms with van der Waals surface area (Å²) < 4.78 is 5.11. The highest BCUT2D eigenvalue weighted by molar-refractivity contribution is 7.08. The van der Waals surface area contributed by atoms with E-state index in [1.165, 1.54) is 0 Å². The second-order valence-electron chi connectivity index (χ2n) is 3.46. The summed E-state index contributed by atoms with van der Waals surface area (Å²) in [6.07, 6.45) is 0. The summed E-state index contributed by atoms with van der Waals surface area (Å²) in [5.74, 6) is 0.887. The van der Waals surface area contributed by atoms with Gasteiger partial charge in [-0.1, -0.05) is 0 Å². The molecule has 0 aliphatic carbocycles. The first-order valence-corrected chi connectivity index (χ1v) is 5.81. The Morgan fingerprint density at radius 3 is 2.81 bits per heavy atom. The second kappa shape index (κ2) is 4.55. The summed E-state index contributed by atoms with van der Waals surface area (Å²) in [6.45, 7) is 0. The Labute approximate surface area is 98.1 Å². The van der Waals surface area contributed by atoms with E-state index in [9.17, 15) is 5.11 Å². The molecule has 3 N–H and O–H groups in total. The molecule has 84 valence electrons. The van der Waals surface area contributed by atoms with Gasteiger partial charge in [0.15, 0.2) is 0 Å². The smallest absolute Gasteiger partial charge is 0.120 e. The van der Waals surface area contributed by atoms with Gasteiger partial charge in [-0.05, 0) is 40.6 Å². The van der Waals surface area contributed by atoms with Crippen LogP contribution in [0.15, 0.2) is 35.0 Å². The first kappa shape index (κ1) is 11.0. The average molecular weight is 235 g/mol. The van der Waals surface area contributed by atoms with Crippen molar-refractivity contribution in [3.8, 4) is 11.5 Å². The van der Waals surface area contributed by atoms with Crippen molar-refractivity contribution < 1.29 is 9.84 Å². The van der Waals surface area contributed by atoms with Crippen LogP contribution in [0.4, 0.5) is 0 Å². The fourth-order valence-corrected chi connectivity index (χ4v) is 2.24. The predicted octanol–water partition coefficient (Wildman–Crippen LogP) is 2.51. The molecule has 0 aliphatic heterocycles. The van der Waals surface area contributed by atoms with E-state index in [1.54, 1.807) is 36.6 Å². The van der Waals surface area contributed by atoms with Crippen LogP contribution < -0.4 is 10.5 Å². The summed E-state index contributed by atoms with van der Waals surface area (Å²) in [5, 5.41) is 13.7. The number of aromatic hydroxyl groups is 1. The first-order chi connectivity index (χ1) is 7.72. The Kier molecular flexibility index (Phi) is 3.12. The number of hydrogen-bond acceptors (Lipinski definition) is 4. The molecule has 1 heterocycles. The molecule has 3 nitrogen and oxygen atoms in total. The van der Waals surface area contributed by atoms with Crippen LogP contribution in [-0.4, -0.2) is 12.2 Å². The van der Waals surface area contributed by atoms with Gasteiger partial charge in [-0.15, -0.1) is 0 Å². The third-order valence-electron chi connectivity index (χ3n) is 2.47. The van der Waals surface area contributed by atoms with E-state index in [2.05, 4.69) is 0 Å². The molecule has 1 aromatic heterocycles. The van der Waals surface area contributed by atoms with Gasteiger partial charge >= 0.3 is 0 Å². The molecule has 0 spiro atoms. The minimum absolute atomic E-state index is 0.194. The predicted molar refractivity (Wildman–Crippen MR) is 65.0 cm³/mol. The van der Waals surface area contributed by atoms with Gasteiger partial charge in [-0.2, -0.15) is 11.3 Å². The highest BCUT2D eigenvalue weighted by Gasteiger charge is 2.14. The number of nitrogens with two attached hydrogens (primary N) is 1. The van der Waals surface area contributed by atoms with Crippen LogP contribution in [0.1, 0.15) is 17.2 Å². The molecule has 0 radical (unpaired) electrons. The van der Waals surface area contributed by atoms with E-state index in [1.807, 2.05) is 16.8 Å². The maximum atomic E-state index is 9.77. The molecular formula is C12H13NO2S. The van der Waals surface area contributed by atoms with Crippen LogP contribution in [-0.2, 0) is 0 Å². The van der Waals surface area contributed by atoms with Gasteiger partial charge in [0.2, 0.25) is 0 Å². The van der Waals surface area contributed by atoms with Gasteiger partial charge in [0.05, 0.1) is 13.2 Å². The highest BCUT2D eigenvalue weighted by atomic mass is 32.1. The summed E-state index contributed by atoms with van der Waals surface area (Å²) >= 11 is 1.59. The van der Waals surface area contributed by atoms with Gasteiger partial charge in [0, 0.05) is 5.56 Å². The summed E-state index contributed by atoms with van der Waals surface area (Å²) in [7, 11) is 1.59. The van der Waals surface area contributed by atoms with Crippen molar-refractivity contribution in [3.05, 3.63) is 46.2 Å². The Morgan fingerprint density at radius 1 is 1.38 bits per heavy atom. The quantitative estimate of drug-likeness (QED) is 0.859. The van der Waals surface area contributed by atoms with Crippen molar-refractivity contribution in [2.24, 2.45) is 5.73 Å². The number of benzene rings is 1. The number of phenolic OH excluding ortho intramolecular Hbond substituents is 1. The molecule has 1 atom stereocenters. The normalized spacial score (nSPS) is 12.4. The molecule has 0 amide bonds. The van der Waals surface area contributed by atoms with Crippen LogP contribution in [0, 0.1) is 0 Å². The number of rotatable bonds is 3. The Balaban J connectivity index is 2.39. The Bertz CT molecular complexity index is 468. The average Bonchev–Trinajstić information content (AvgIpc) is 2.82. The summed E-state index contributed by atoms with van der Waals surface area (Å²) in [4.78, 5) is 0. The fraction of sp³-hybridized carbons (Fsp3) is 0.167. The number of hydrogen-bond donors (Lipinski definition) is 2. The van der Waals surface area contributed by atoms with Crippen molar-refractivity contribution in [3.63, 3.8) is 0 Å². The van der Waals surface area contributed by atoms with Crippen molar-refractivity contribution in [1.29, 1.82) is 0 Å². The maximum Gasteiger partial charge on any atom is 0.120 e. The summed E-state index contributed by atoms with van der Waals surface area (Å²) in [5.41, 5.74) is 7.75. The van der Waals surface area contributed by atoms with Crippen LogP contribution in [0.3, 0.4) is 0 Å². The van der Waals surface area contributed by atoms with E-state index in [4.69, 9.17) is 10.5 Å². The Hall–Kier alpha value is -1.52. The number of ether oxygens (including phenoxy) is 1. The van der Waals surface area contributed by atoms with E-state index in [0.717, 1.165) is 5.56 Å². The summed E-state index contributed by atoms with van der Waals surface area (Å²) in [6, 6.07) is 6.70. The molecule has 0 saturated heterocycles. The SMILES string of the molecule is COc1ccc(O)c([C@@H](N)c2ccsc2)c1. The van der Waals surface area contributed by atoms with Crippen molar-refractivity contribution >= 4 is 11.3 Å². The zero-order valence-corrected chi connectivity index (χ0v) is 9.70. The Morgan fingerprint density at radius 2 is 2.19 bits per heavy atom. The van der Waals surface area contributed by atoms with Gasteiger partial charge in [0.25, 0.3) is 0 Å². The highest BCUT2D eigenvalue weighted by Crippen LogP contribution is 2.31. The van der Waals surface area contributed by atoms with Gasteiger partial charge in [0.1, 0.15) is 11.5 Å². The van der Waals surface area contributed by atoms with Crippen LogP contribution >= 0.6 is 11.3 Å². The molecule has 2 aromatic rings.